The maximum Gasteiger partial charge on any atom is 0.143 e. The van der Waals surface area contributed by atoms with Gasteiger partial charge >= 0.3 is 0 Å². The minimum atomic E-state index is -1.25. The molecule has 2 aromatic heterocycles. The van der Waals surface area contributed by atoms with Crippen LogP contribution in [0.15, 0.2) is 184 Å². The van der Waals surface area contributed by atoms with Crippen molar-refractivity contribution in [1.82, 2.24) is 0 Å². The number of benzene rings is 8. The van der Waals surface area contributed by atoms with Crippen LogP contribution in [-0.4, -0.2) is 0 Å². The van der Waals surface area contributed by atoms with E-state index in [9.17, 15) is 15.1 Å². The van der Waals surface area contributed by atoms with E-state index in [1.54, 1.807) is 0 Å². The second-order valence-electron chi connectivity index (χ2n) is 10.3. The third-order valence-electron chi connectivity index (χ3n) is 7.51. The Kier molecular flexibility index (Phi) is 2.53. The summed E-state index contributed by atoms with van der Waals surface area (Å²) in [6.07, 6.45) is 0. The van der Waals surface area contributed by atoms with Crippen molar-refractivity contribution in [3.63, 3.8) is 0 Å². The number of hydrogen-bond acceptors (Lipinski definition) is 3. The van der Waals surface area contributed by atoms with Gasteiger partial charge in [-0.1, -0.05) is 115 Å². The van der Waals surface area contributed by atoms with Gasteiger partial charge < -0.3 is 13.7 Å². The first-order valence-corrected chi connectivity index (χ1v) is 14.2. The molecule has 0 bridgehead atoms. The second-order valence-corrected chi connectivity index (χ2v) is 10.3. The van der Waals surface area contributed by atoms with Crippen molar-refractivity contribution in [3.05, 3.63) is 175 Å². The van der Waals surface area contributed by atoms with Crippen molar-refractivity contribution in [2.45, 2.75) is 0 Å². The fraction of sp³-hybridized carbons (Fsp3) is 0. The summed E-state index contributed by atoms with van der Waals surface area (Å²) in [5.74, 6) is 0. The molecule has 3 heteroatoms. The van der Waals surface area contributed by atoms with Crippen LogP contribution in [-0.2, 0) is 0 Å². The molecule has 0 unspecified atom stereocenters. The molecule has 0 saturated heterocycles. The molecule has 2 heterocycles. The molecule has 230 valence electrons. The van der Waals surface area contributed by atoms with Crippen LogP contribution in [0.25, 0.3) is 76.9 Å². The monoisotopic (exact) mass is 656 g/mol. The van der Waals surface area contributed by atoms with E-state index in [0.717, 1.165) is 0 Å². The third kappa shape index (κ3) is 4.51. The van der Waals surface area contributed by atoms with Crippen LogP contribution in [0.5, 0.6) is 0 Å². The van der Waals surface area contributed by atoms with Gasteiger partial charge in [0.05, 0.1) is 50.8 Å². The number of fused-ring (bicyclic) bond motifs is 8. The Morgan fingerprint density at radius 3 is 1.80 bits per heavy atom. The van der Waals surface area contributed by atoms with Gasteiger partial charge in [-0.15, -0.1) is 0 Å². The number of nitrogens with zero attached hydrogens (tertiary/aromatic N) is 1. The van der Waals surface area contributed by atoms with Gasteiger partial charge in [0.15, 0.2) is 0 Å². The lowest BCUT2D eigenvalue weighted by Crippen LogP contribution is -2.10. The van der Waals surface area contributed by atoms with Crippen LogP contribution in [0, 0.1) is 0 Å². The fourth-order valence-electron chi connectivity index (χ4n) is 5.34. The van der Waals surface area contributed by atoms with Gasteiger partial charge in [0.1, 0.15) is 22.3 Å². The first kappa shape index (κ1) is 11.3. The highest BCUT2D eigenvalue weighted by Gasteiger charge is 2.20. The summed E-state index contributed by atoms with van der Waals surface area (Å²) in [6.45, 7) is 0. The zero-order chi connectivity index (χ0) is 57.5. The van der Waals surface area contributed by atoms with Crippen LogP contribution in [0.1, 0.15) is 39.8 Å². The van der Waals surface area contributed by atoms with Gasteiger partial charge in [0.25, 0.3) is 0 Å². The van der Waals surface area contributed by atoms with Crippen molar-refractivity contribution in [3.8, 4) is 22.3 Å². The molecule has 0 radical (unpaired) electrons. The quantitative estimate of drug-likeness (QED) is 0.185. The predicted octanol–water partition coefficient (Wildman–Crippen LogP) is 13.4. The van der Waals surface area contributed by atoms with Gasteiger partial charge in [-0.3, -0.25) is 0 Å². The Morgan fingerprint density at radius 1 is 0.388 bits per heavy atom. The average Bonchev–Trinajstić information content (AvgIpc) is 4.22. The number of hydrogen-bond donors (Lipinski definition) is 0. The highest BCUT2D eigenvalue weighted by atomic mass is 16.3. The van der Waals surface area contributed by atoms with E-state index in [2.05, 4.69) is 0 Å². The van der Waals surface area contributed by atoms with Gasteiger partial charge in [-0.25, -0.2) is 0 Å². The van der Waals surface area contributed by atoms with Crippen LogP contribution in [0.2, 0.25) is 0 Å². The highest BCUT2D eigenvalue weighted by molar-refractivity contribution is 6.19. The molecule has 0 aliphatic heterocycles. The summed E-state index contributed by atoms with van der Waals surface area (Å²) in [5.41, 5.74) is -9.12. The lowest BCUT2D eigenvalue weighted by Gasteiger charge is -2.26. The maximum absolute atomic E-state index is 9.69. The number of para-hydroxylation sites is 1. The van der Waals surface area contributed by atoms with E-state index >= 15 is 0 Å². The molecule has 0 saturated carbocycles. The predicted molar refractivity (Wildman–Crippen MR) is 204 cm³/mol. The molecule has 0 N–H and O–H groups in total. The lowest BCUT2D eigenvalue weighted by atomic mass is 10.0. The molecule has 0 amide bonds. The molecule has 10 aromatic rings. The Hall–Kier alpha value is -6.58. The maximum atomic E-state index is 9.69. The molecule has 49 heavy (non-hydrogen) atoms. The smallest absolute Gasteiger partial charge is 0.143 e. The zero-order valence-corrected chi connectivity index (χ0v) is 24.3. The molecular formula is C46H29NO2. The first-order chi connectivity index (χ1) is 36.4. The summed E-state index contributed by atoms with van der Waals surface area (Å²) in [4.78, 5) is 0.421. The summed E-state index contributed by atoms with van der Waals surface area (Å²) in [6, 6.07) is -28.2. The van der Waals surface area contributed by atoms with E-state index in [1.165, 1.54) is 0 Å². The van der Waals surface area contributed by atoms with Gasteiger partial charge in [0, 0.05) is 32.9 Å². The van der Waals surface area contributed by atoms with Crippen LogP contribution >= 0.6 is 0 Å². The van der Waals surface area contributed by atoms with E-state index in [-0.39, 0.29) is 0 Å². The summed E-state index contributed by atoms with van der Waals surface area (Å²) >= 11 is 0. The molecule has 0 atom stereocenters. The summed E-state index contributed by atoms with van der Waals surface area (Å²) in [5, 5.41) is -3.33. The average molecular weight is 657 g/mol. The lowest BCUT2D eigenvalue weighted by molar-refractivity contribution is 0.669. The summed E-state index contributed by atoms with van der Waals surface area (Å²) in [7, 11) is 0. The normalized spacial score (nSPS) is 20.0. The largest absolute Gasteiger partial charge is 0.456 e. The van der Waals surface area contributed by atoms with E-state index in [4.69, 9.17) is 33.5 Å². The van der Waals surface area contributed by atoms with Crippen molar-refractivity contribution in [1.29, 1.82) is 0 Å². The number of rotatable bonds is 5. The minimum absolute atomic E-state index is 0.421. The van der Waals surface area contributed by atoms with Gasteiger partial charge in [-0.05, 0) is 88.1 Å². The second kappa shape index (κ2) is 11.0. The molecule has 0 spiro atoms. The van der Waals surface area contributed by atoms with Crippen molar-refractivity contribution in [2.75, 3.05) is 4.90 Å². The molecule has 0 aliphatic rings. The number of anilines is 3. The van der Waals surface area contributed by atoms with E-state index < -0.39 is 269 Å². The van der Waals surface area contributed by atoms with Crippen LogP contribution in [0.4, 0.5) is 17.1 Å². The summed E-state index contributed by atoms with van der Waals surface area (Å²) < 4.78 is 271. The molecule has 10 rings (SSSR count). The zero-order valence-electron chi connectivity index (χ0n) is 53.3. The van der Waals surface area contributed by atoms with Crippen LogP contribution in [0.3, 0.4) is 0 Å². The minimum Gasteiger partial charge on any atom is -0.456 e. The molecule has 8 aromatic carbocycles. The van der Waals surface area contributed by atoms with Gasteiger partial charge in [0.2, 0.25) is 0 Å². The topological polar surface area (TPSA) is 29.5 Å². The van der Waals surface area contributed by atoms with Crippen LogP contribution < -0.4 is 4.90 Å². The van der Waals surface area contributed by atoms with Gasteiger partial charge in [-0.2, -0.15) is 0 Å². The number of furan rings is 2. The fourth-order valence-corrected chi connectivity index (χ4v) is 5.34. The molecule has 0 fully saturated rings. The van der Waals surface area contributed by atoms with Crippen molar-refractivity contribution < 1.29 is 48.6 Å². The Morgan fingerprint density at radius 2 is 1.00 bits per heavy atom. The standard InChI is InChI=1S/C46H29NO2/c1-2-9-30(10-3-1)31-17-23-35(24-18-31)47(41-14-8-16-44-45(41)39-27-21-33-11-4-5-12-37(33)46(39)49-44)36-25-19-32(20-26-36)34-22-28-43-40(29-34)38-13-6-7-15-42(38)48-43/h1-29H/i1D,2D,3D,4D,5D,6D,7D,8D,9D,10D,11D,12D,13D,14D,15D,16D,17D,18D,19D,20D,21D,22D,23D,24D,25D,26D,27D,28D,29D. The first-order valence-electron chi connectivity index (χ1n) is 28.7. The highest BCUT2D eigenvalue weighted by Crippen LogP contribution is 2.45. The van der Waals surface area contributed by atoms with E-state index in [0.29, 0.717) is 4.90 Å². The van der Waals surface area contributed by atoms with E-state index in [1.807, 2.05) is 0 Å². The van der Waals surface area contributed by atoms with Crippen molar-refractivity contribution >= 4 is 71.7 Å². The molecule has 0 aliphatic carbocycles. The SMILES string of the molecule is [2H]c1c([2H])c([2H])c(-c2c([2H])c([2H])c(N(c3c([2H])c([2H])c(-c4c([2H])c([2H])c5oc6c([2H])c([2H])c([2H])c([2H])c6c5c4[2H])c([2H])c3[2H])c3c([2H])c([2H])c([2H])c4oc5c6c([2H])c([2H])c([2H])c([2H])c6c([2H])c([2H])c5c34)c([2H])c2[2H])c([2H])c1[2H]. The Labute approximate surface area is 323 Å². The third-order valence-corrected chi connectivity index (χ3v) is 7.51. The Bertz CT molecular complexity index is 4420. The Balaban J connectivity index is 1.41. The molecular weight excluding hydrogens is 599 g/mol. The molecule has 3 nitrogen and oxygen atoms in total. The van der Waals surface area contributed by atoms with Crippen molar-refractivity contribution in [2.24, 2.45) is 0 Å².